The molecule has 2 amide bonds. The largest absolute Gasteiger partial charge is 0.488 e. The van der Waals surface area contributed by atoms with Crippen molar-refractivity contribution >= 4 is 23.3 Å². The van der Waals surface area contributed by atoms with Gasteiger partial charge in [-0.1, -0.05) is 0 Å². The number of hydrogen-bond donors (Lipinski definition) is 3. The summed E-state index contributed by atoms with van der Waals surface area (Å²) >= 11 is 0. The normalized spacial score (nSPS) is 26.4. The summed E-state index contributed by atoms with van der Waals surface area (Å²) in [4.78, 5) is 28.6. The van der Waals surface area contributed by atoms with E-state index in [1.165, 1.54) is 0 Å². The number of nitrogens with one attached hydrogen (secondary N) is 3. The first-order chi connectivity index (χ1) is 13.6. The number of hydrazine groups is 1. The van der Waals surface area contributed by atoms with Crippen molar-refractivity contribution in [1.29, 1.82) is 0 Å². The van der Waals surface area contributed by atoms with Gasteiger partial charge in [-0.3, -0.25) is 15.0 Å². The molecule has 0 saturated carbocycles. The molecule has 0 aromatic heterocycles. The Balaban J connectivity index is 1.43. The molecule has 8 nitrogen and oxygen atoms in total. The summed E-state index contributed by atoms with van der Waals surface area (Å²) in [5.41, 5.74) is 1.96. The Bertz CT molecular complexity index is 906. The number of benzene rings is 1. The average molecular weight is 419 g/mol. The van der Waals surface area contributed by atoms with Crippen molar-refractivity contribution in [2.24, 2.45) is 4.99 Å². The first kappa shape index (κ1) is 19.4. The van der Waals surface area contributed by atoms with Gasteiger partial charge in [0.1, 0.15) is 42.1 Å². The number of carbonyl (C=O) groups excluding carboxylic acids is 2. The van der Waals surface area contributed by atoms with Crippen molar-refractivity contribution in [3.63, 3.8) is 0 Å². The van der Waals surface area contributed by atoms with Crippen molar-refractivity contribution in [3.05, 3.63) is 23.8 Å². The highest BCUT2D eigenvalue weighted by molar-refractivity contribution is 6.38. The molecule has 1 fully saturated rings. The summed E-state index contributed by atoms with van der Waals surface area (Å²) < 4.78 is 71.4. The van der Waals surface area contributed by atoms with E-state index in [1.807, 2.05) is 0 Å². The highest BCUT2D eigenvalue weighted by atomic mass is 19.4. The minimum Gasteiger partial charge on any atom is -0.488 e. The fourth-order valence-electron chi connectivity index (χ4n) is 3.38. The number of alkyl halides is 3. The van der Waals surface area contributed by atoms with Crippen LogP contribution in [0.15, 0.2) is 17.1 Å². The van der Waals surface area contributed by atoms with Crippen molar-refractivity contribution in [1.82, 2.24) is 15.8 Å². The number of ether oxygens (including phenoxy) is 1. The lowest BCUT2D eigenvalue weighted by atomic mass is 10.2. The van der Waals surface area contributed by atoms with Gasteiger partial charge in [0.2, 0.25) is 5.84 Å². The molecule has 29 heavy (non-hydrogen) atoms. The van der Waals surface area contributed by atoms with Crippen LogP contribution < -0.4 is 20.8 Å². The van der Waals surface area contributed by atoms with E-state index in [1.54, 1.807) is 0 Å². The van der Waals surface area contributed by atoms with Gasteiger partial charge in [-0.15, -0.1) is 0 Å². The summed E-state index contributed by atoms with van der Waals surface area (Å²) in [7, 11) is 0. The van der Waals surface area contributed by atoms with Crippen LogP contribution in [0.5, 0.6) is 5.75 Å². The van der Waals surface area contributed by atoms with E-state index in [-0.39, 0.29) is 30.1 Å². The molecule has 1 saturated heterocycles. The number of nitrogens with zero attached hydrogens (tertiary/aromatic N) is 2. The molecule has 1 aromatic rings. The first-order valence-corrected chi connectivity index (χ1v) is 8.56. The van der Waals surface area contributed by atoms with E-state index in [2.05, 4.69) is 21.1 Å². The molecular formula is C16H14F5N5O3. The van der Waals surface area contributed by atoms with Gasteiger partial charge in [0.05, 0.1) is 0 Å². The molecule has 3 N–H and O–H groups in total. The maximum Gasteiger partial charge on any atom is 0.405 e. The number of aliphatic imine (C=N–C) groups is 1. The number of rotatable bonds is 2. The molecule has 4 rings (SSSR count). The average Bonchev–Trinajstić information content (AvgIpc) is 3.16. The van der Waals surface area contributed by atoms with Crippen molar-refractivity contribution in [2.45, 2.75) is 37.3 Å². The van der Waals surface area contributed by atoms with E-state index in [0.717, 1.165) is 11.1 Å². The molecule has 0 spiro atoms. The van der Waals surface area contributed by atoms with Crippen molar-refractivity contribution < 1.29 is 36.3 Å². The Labute approximate surface area is 160 Å². The highest BCUT2D eigenvalue weighted by Crippen LogP contribution is 2.36. The SMILES string of the molecule is O=C(N[C@H]1COc2cc(F)cc(F)c2NC1=O)C1=NC2CC[C@@H](C(F)(F)F)N2N1. The first-order valence-electron chi connectivity index (χ1n) is 8.56. The molecule has 0 radical (unpaired) electrons. The second-order valence-electron chi connectivity index (χ2n) is 6.70. The smallest absolute Gasteiger partial charge is 0.405 e. The van der Waals surface area contributed by atoms with Crippen LogP contribution in [0.3, 0.4) is 0 Å². The molecule has 0 aliphatic carbocycles. The van der Waals surface area contributed by atoms with Crippen molar-refractivity contribution in [3.8, 4) is 5.75 Å². The van der Waals surface area contributed by atoms with Crippen LogP contribution in [0.1, 0.15) is 12.8 Å². The van der Waals surface area contributed by atoms with Crippen LogP contribution in [-0.4, -0.2) is 53.7 Å². The molecule has 13 heteroatoms. The molecule has 156 valence electrons. The van der Waals surface area contributed by atoms with Crippen LogP contribution in [-0.2, 0) is 9.59 Å². The number of anilines is 1. The monoisotopic (exact) mass is 419 g/mol. The van der Waals surface area contributed by atoms with Gasteiger partial charge in [-0.2, -0.15) is 18.2 Å². The summed E-state index contributed by atoms with van der Waals surface area (Å²) in [6.45, 7) is -0.445. The standard InChI is InChI=1S/C16H14F5N5O3/c17-6-3-7(18)12-9(4-6)29-5-8(14(27)24-12)22-15(28)13-23-11-2-1-10(16(19,20)21)26(11)25-13/h3-4,8,10-11H,1-2,5H2,(H,22,28)(H,23,25)(H,24,27)/t8-,10-,11?/m0/s1. The third-order valence-corrected chi connectivity index (χ3v) is 4.76. The Morgan fingerprint density at radius 1 is 1.28 bits per heavy atom. The van der Waals surface area contributed by atoms with E-state index in [9.17, 15) is 31.5 Å². The van der Waals surface area contributed by atoms with Gasteiger partial charge >= 0.3 is 6.18 Å². The number of carbonyl (C=O) groups is 2. The third kappa shape index (κ3) is 3.57. The molecule has 3 heterocycles. The predicted molar refractivity (Wildman–Crippen MR) is 87.7 cm³/mol. The topological polar surface area (TPSA) is 95.1 Å². The zero-order chi connectivity index (χ0) is 20.9. The van der Waals surface area contributed by atoms with E-state index >= 15 is 0 Å². The molecular weight excluding hydrogens is 405 g/mol. The van der Waals surface area contributed by atoms with Gasteiger partial charge in [0.15, 0.2) is 5.82 Å². The Morgan fingerprint density at radius 3 is 2.76 bits per heavy atom. The fraction of sp³-hybridized carbons (Fsp3) is 0.438. The van der Waals surface area contributed by atoms with E-state index in [4.69, 9.17) is 4.74 Å². The minimum atomic E-state index is -4.48. The molecule has 1 aromatic carbocycles. The van der Waals surface area contributed by atoms with Gasteiger partial charge < -0.3 is 15.4 Å². The lowest BCUT2D eigenvalue weighted by Crippen LogP contribution is -2.54. The zero-order valence-electron chi connectivity index (χ0n) is 14.5. The molecule has 3 atom stereocenters. The number of amides is 2. The number of hydrogen-bond acceptors (Lipinski definition) is 6. The van der Waals surface area contributed by atoms with Crippen LogP contribution >= 0.6 is 0 Å². The van der Waals surface area contributed by atoms with Crippen LogP contribution in [0.4, 0.5) is 27.6 Å². The second-order valence-corrected chi connectivity index (χ2v) is 6.70. The van der Waals surface area contributed by atoms with Crippen LogP contribution in [0, 0.1) is 11.6 Å². The Morgan fingerprint density at radius 2 is 2.03 bits per heavy atom. The lowest BCUT2D eigenvalue weighted by Gasteiger charge is -2.25. The number of halogens is 5. The summed E-state index contributed by atoms with van der Waals surface area (Å²) in [6, 6.07) is -1.66. The maximum absolute atomic E-state index is 13.8. The number of fused-ring (bicyclic) bond motifs is 2. The van der Waals surface area contributed by atoms with Crippen LogP contribution in [0.25, 0.3) is 0 Å². The highest BCUT2D eigenvalue weighted by Gasteiger charge is 2.52. The molecule has 1 unspecified atom stereocenters. The lowest BCUT2D eigenvalue weighted by molar-refractivity contribution is -0.182. The summed E-state index contributed by atoms with van der Waals surface area (Å²) in [5, 5.41) is 5.31. The molecule has 3 aliphatic rings. The van der Waals surface area contributed by atoms with E-state index < -0.39 is 54.5 Å². The Hall–Kier alpha value is -2.96. The van der Waals surface area contributed by atoms with Gasteiger partial charge in [-0.25, -0.2) is 13.8 Å². The molecule has 0 bridgehead atoms. The quantitative estimate of drug-likeness (QED) is 0.623. The predicted octanol–water partition coefficient (Wildman–Crippen LogP) is 1.05. The zero-order valence-corrected chi connectivity index (χ0v) is 14.5. The van der Waals surface area contributed by atoms with E-state index in [0.29, 0.717) is 6.07 Å². The number of amidine groups is 1. The van der Waals surface area contributed by atoms with Crippen LogP contribution in [0.2, 0.25) is 0 Å². The Kier molecular flexibility index (Phi) is 4.56. The maximum atomic E-state index is 13.8. The fourth-order valence-corrected chi connectivity index (χ4v) is 3.38. The molecule has 3 aliphatic heterocycles. The van der Waals surface area contributed by atoms with Gasteiger partial charge in [0.25, 0.3) is 11.8 Å². The second kappa shape index (κ2) is 6.83. The third-order valence-electron chi connectivity index (χ3n) is 4.76. The van der Waals surface area contributed by atoms with Gasteiger partial charge in [-0.05, 0) is 12.8 Å². The summed E-state index contributed by atoms with van der Waals surface area (Å²) in [6.07, 6.45) is -5.37. The van der Waals surface area contributed by atoms with Crippen molar-refractivity contribution in [2.75, 3.05) is 11.9 Å². The summed E-state index contributed by atoms with van der Waals surface area (Å²) in [5.74, 6) is -4.37. The van der Waals surface area contributed by atoms with Gasteiger partial charge in [0, 0.05) is 12.1 Å². The minimum absolute atomic E-state index is 0.112.